The van der Waals surface area contributed by atoms with Gasteiger partial charge in [-0.15, -0.1) is 0 Å². The van der Waals surface area contributed by atoms with Crippen molar-refractivity contribution in [3.63, 3.8) is 0 Å². The second kappa shape index (κ2) is 6.40. The summed E-state index contributed by atoms with van der Waals surface area (Å²) >= 11 is 0. The number of aliphatic carboxylic acids is 1. The monoisotopic (exact) mass is 217 g/mol. The first kappa shape index (κ1) is 13.9. The molecule has 0 atom stereocenters. The summed E-state index contributed by atoms with van der Waals surface area (Å²) in [6.07, 6.45) is 0.812. The molecule has 0 aromatic rings. The average molecular weight is 217 g/mol. The maximum absolute atomic E-state index is 11.4. The van der Waals surface area contributed by atoms with E-state index in [9.17, 15) is 9.59 Å². The van der Waals surface area contributed by atoms with Gasteiger partial charge >= 0.3 is 5.97 Å². The molecule has 0 aromatic heterocycles. The average Bonchev–Trinajstić information content (AvgIpc) is 2.22. The van der Waals surface area contributed by atoms with Crippen molar-refractivity contribution in [2.45, 2.75) is 33.1 Å². The van der Waals surface area contributed by atoms with Gasteiger partial charge in [0.1, 0.15) is 0 Å². The summed E-state index contributed by atoms with van der Waals surface area (Å²) in [5, 5.41) is 20.0. The molecule has 5 heteroatoms. The van der Waals surface area contributed by atoms with E-state index < -0.39 is 11.4 Å². The number of aliphatic hydroxyl groups excluding tert-OH is 1. The third-order valence-corrected chi connectivity index (χ3v) is 2.74. The van der Waals surface area contributed by atoms with Crippen LogP contribution in [0.1, 0.15) is 33.1 Å². The number of nitrogens with one attached hydrogen (secondary N) is 1. The van der Waals surface area contributed by atoms with Crippen LogP contribution >= 0.6 is 0 Å². The molecule has 0 aliphatic heterocycles. The van der Waals surface area contributed by atoms with E-state index in [2.05, 4.69) is 5.32 Å². The van der Waals surface area contributed by atoms with Gasteiger partial charge in [-0.05, 0) is 12.8 Å². The number of aliphatic hydroxyl groups is 1. The molecule has 0 bridgehead atoms. The fourth-order valence-corrected chi connectivity index (χ4v) is 1.44. The number of rotatable bonds is 7. The Balaban J connectivity index is 4.40. The smallest absolute Gasteiger partial charge is 0.310 e. The number of carbonyl (C=O) groups excluding carboxylic acids is 1. The van der Waals surface area contributed by atoms with Crippen LogP contribution in [0.4, 0.5) is 0 Å². The van der Waals surface area contributed by atoms with Crippen molar-refractivity contribution >= 4 is 11.9 Å². The van der Waals surface area contributed by atoms with E-state index in [-0.39, 0.29) is 25.5 Å². The largest absolute Gasteiger partial charge is 0.481 e. The number of carboxylic acids is 1. The lowest BCUT2D eigenvalue weighted by Gasteiger charge is -2.25. The summed E-state index contributed by atoms with van der Waals surface area (Å²) < 4.78 is 0. The van der Waals surface area contributed by atoms with Gasteiger partial charge in [-0.3, -0.25) is 9.59 Å². The molecule has 5 nitrogen and oxygen atoms in total. The van der Waals surface area contributed by atoms with Gasteiger partial charge in [-0.1, -0.05) is 13.8 Å². The van der Waals surface area contributed by atoms with E-state index in [4.69, 9.17) is 10.2 Å². The van der Waals surface area contributed by atoms with Gasteiger partial charge in [0.2, 0.25) is 5.91 Å². The lowest BCUT2D eigenvalue weighted by molar-refractivity contribution is -0.152. The van der Waals surface area contributed by atoms with Crippen molar-refractivity contribution in [2.75, 3.05) is 13.2 Å². The number of hydrogen-bond donors (Lipinski definition) is 3. The molecule has 0 fully saturated rings. The van der Waals surface area contributed by atoms with E-state index in [1.54, 1.807) is 13.8 Å². The Morgan fingerprint density at radius 2 is 1.80 bits per heavy atom. The molecule has 3 N–H and O–H groups in total. The van der Waals surface area contributed by atoms with Gasteiger partial charge in [0.15, 0.2) is 0 Å². The molecule has 0 unspecified atom stereocenters. The normalized spacial score (nSPS) is 11.1. The van der Waals surface area contributed by atoms with Crippen LogP contribution in [-0.4, -0.2) is 35.2 Å². The van der Waals surface area contributed by atoms with Gasteiger partial charge < -0.3 is 15.5 Å². The van der Waals surface area contributed by atoms with Crippen LogP contribution in [-0.2, 0) is 9.59 Å². The first-order valence-corrected chi connectivity index (χ1v) is 5.13. The fraction of sp³-hybridized carbons (Fsp3) is 0.800. The highest BCUT2D eigenvalue weighted by molar-refractivity contribution is 5.84. The summed E-state index contributed by atoms with van der Waals surface area (Å²) in [6.45, 7) is 3.56. The number of carbonyl (C=O) groups is 2. The van der Waals surface area contributed by atoms with Gasteiger partial charge in [-0.25, -0.2) is 0 Å². The maximum atomic E-state index is 11.4. The van der Waals surface area contributed by atoms with Crippen LogP contribution in [0.15, 0.2) is 0 Å². The lowest BCUT2D eigenvalue weighted by atomic mass is 9.79. The van der Waals surface area contributed by atoms with Gasteiger partial charge in [-0.2, -0.15) is 0 Å². The Morgan fingerprint density at radius 1 is 1.27 bits per heavy atom. The van der Waals surface area contributed by atoms with E-state index in [0.29, 0.717) is 12.8 Å². The van der Waals surface area contributed by atoms with E-state index in [1.165, 1.54) is 0 Å². The third kappa shape index (κ3) is 3.87. The van der Waals surface area contributed by atoms with Crippen molar-refractivity contribution in [2.24, 2.45) is 5.41 Å². The van der Waals surface area contributed by atoms with E-state index >= 15 is 0 Å². The molecule has 0 radical (unpaired) electrons. The lowest BCUT2D eigenvalue weighted by Crippen LogP contribution is -2.37. The summed E-state index contributed by atoms with van der Waals surface area (Å²) in [6, 6.07) is 0. The first-order chi connectivity index (χ1) is 7.02. The molecular weight excluding hydrogens is 198 g/mol. The Hall–Kier alpha value is -1.10. The Morgan fingerprint density at radius 3 is 2.13 bits per heavy atom. The number of carboxylic acid groups (broad SMARTS) is 1. The summed E-state index contributed by atoms with van der Waals surface area (Å²) in [7, 11) is 0. The molecule has 0 saturated carbocycles. The van der Waals surface area contributed by atoms with Crippen LogP contribution in [0.25, 0.3) is 0 Å². The Bertz CT molecular complexity index is 223. The molecule has 0 spiro atoms. The SMILES string of the molecule is CCC(CC)(CC(=O)NCCO)C(=O)O. The minimum absolute atomic E-state index is 0.0324. The van der Waals surface area contributed by atoms with Gasteiger partial charge in [0, 0.05) is 13.0 Å². The van der Waals surface area contributed by atoms with Crippen molar-refractivity contribution in [1.29, 1.82) is 0 Å². The van der Waals surface area contributed by atoms with Gasteiger partial charge in [0.25, 0.3) is 0 Å². The predicted octanol–water partition coefficient (Wildman–Crippen LogP) is 0.376. The molecule has 0 rings (SSSR count). The third-order valence-electron chi connectivity index (χ3n) is 2.74. The number of amides is 1. The van der Waals surface area contributed by atoms with Crippen LogP contribution in [0.3, 0.4) is 0 Å². The zero-order valence-electron chi connectivity index (χ0n) is 9.25. The van der Waals surface area contributed by atoms with Gasteiger partial charge in [0.05, 0.1) is 12.0 Å². The van der Waals surface area contributed by atoms with E-state index in [0.717, 1.165) is 0 Å². The minimum atomic E-state index is -0.973. The summed E-state index contributed by atoms with van der Waals surface area (Å²) in [4.78, 5) is 22.4. The predicted molar refractivity (Wildman–Crippen MR) is 55.4 cm³/mol. The van der Waals surface area contributed by atoms with Crippen LogP contribution in [0, 0.1) is 5.41 Å². The highest BCUT2D eigenvalue weighted by Gasteiger charge is 2.36. The van der Waals surface area contributed by atoms with Crippen LogP contribution in [0.5, 0.6) is 0 Å². The molecule has 1 amide bonds. The maximum Gasteiger partial charge on any atom is 0.310 e. The summed E-state index contributed by atoms with van der Waals surface area (Å²) in [5.74, 6) is -1.26. The molecule has 88 valence electrons. The molecule has 0 aromatic carbocycles. The second-order valence-corrected chi connectivity index (χ2v) is 3.54. The fourth-order valence-electron chi connectivity index (χ4n) is 1.44. The summed E-state index contributed by atoms with van der Waals surface area (Å²) in [5.41, 5.74) is -0.973. The molecule has 15 heavy (non-hydrogen) atoms. The van der Waals surface area contributed by atoms with Crippen molar-refractivity contribution in [1.82, 2.24) is 5.32 Å². The van der Waals surface area contributed by atoms with Crippen LogP contribution < -0.4 is 5.32 Å². The molecular formula is C10H19NO4. The minimum Gasteiger partial charge on any atom is -0.481 e. The highest BCUT2D eigenvalue weighted by atomic mass is 16.4. The van der Waals surface area contributed by atoms with Crippen LogP contribution in [0.2, 0.25) is 0 Å². The molecule has 0 aliphatic carbocycles. The zero-order chi connectivity index (χ0) is 11.9. The zero-order valence-corrected chi connectivity index (χ0v) is 9.25. The molecule has 0 heterocycles. The topological polar surface area (TPSA) is 86.6 Å². The molecule has 0 aliphatic rings. The Labute approximate surface area is 89.5 Å². The quantitative estimate of drug-likeness (QED) is 0.575. The first-order valence-electron chi connectivity index (χ1n) is 5.13. The standard InChI is InChI=1S/C10H19NO4/c1-3-10(4-2,9(14)15)7-8(13)11-5-6-12/h12H,3-7H2,1-2H3,(H,11,13)(H,14,15). The number of hydrogen-bond acceptors (Lipinski definition) is 3. The second-order valence-electron chi connectivity index (χ2n) is 3.54. The molecule has 0 saturated heterocycles. The Kier molecular flexibility index (Phi) is 5.93. The van der Waals surface area contributed by atoms with Crippen molar-refractivity contribution in [3.05, 3.63) is 0 Å². The van der Waals surface area contributed by atoms with Crippen molar-refractivity contribution in [3.8, 4) is 0 Å². The highest BCUT2D eigenvalue weighted by Crippen LogP contribution is 2.30. The van der Waals surface area contributed by atoms with E-state index in [1.807, 2.05) is 0 Å². The van der Waals surface area contributed by atoms with Crippen molar-refractivity contribution < 1.29 is 19.8 Å².